The van der Waals surface area contributed by atoms with E-state index in [9.17, 15) is 28.9 Å². The largest absolute Gasteiger partial charge is 0.472 e. The number of carbonyl (C=O) groups excluding carboxylic acids is 3. The van der Waals surface area contributed by atoms with Gasteiger partial charge in [-0.1, -0.05) is 220 Å². The van der Waals surface area contributed by atoms with Crippen molar-refractivity contribution in [1.29, 1.82) is 0 Å². The molecule has 0 saturated carbocycles. The normalized spacial score (nSPS) is 14.1. The maximum Gasteiger partial charge on any atom is 0.472 e. The number of aliphatic hydroxyl groups excluding tert-OH is 1. The van der Waals surface area contributed by atoms with E-state index in [2.05, 4.69) is 130 Å². The van der Waals surface area contributed by atoms with Gasteiger partial charge in [-0.05, 0) is 122 Å². The summed E-state index contributed by atoms with van der Waals surface area (Å²) >= 11 is 0. The van der Waals surface area contributed by atoms with E-state index < -0.39 is 57.8 Å². The third kappa shape index (κ3) is 56.8. The minimum Gasteiger partial charge on any atom is -0.462 e. The second-order valence-corrected chi connectivity index (χ2v) is 21.6. The van der Waals surface area contributed by atoms with Crippen LogP contribution in [0.4, 0.5) is 0 Å². The average molecular weight is 1110 g/mol. The molecule has 0 heterocycles. The van der Waals surface area contributed by atoms with Gasteiger partial charge in [0.25, 0.3) is 0 Å². The van der Waals surface area contributed by atoms with Crippen molar-refractivity contribution >= 4 is 25.7 Å². The van der Waals surface area contributed by atoms with Crippen molar-refractivity contribution in [2.75, 3.05) is 26.4 Å². The SMILES string of the molecule is CC/C=C\C/C=C\C/C=C\C/C=C\CCCCCCC(=O)OCC(COP(=O)(O)OCC(CO)OC(=O)CCCC/C=C\C/C=C\C/C=C\C/C=C\CC)OC(=O)CCCCCCCCCCC/C=C\CCCCCCCC. The number of phosphoric ester groups is 1. The molecular weight excluding hydrogens is 1000 g/mol. The summed E-state index contributed by atoms with van der Waals surface area (Å²) in [5, 5.41) is 9.83. The zero-order chi connectivity index (χ0) is 56.9. The third-order valence-electron chi connectivity index (χ3n) is 12.7. The molecule has 0 aromatic carbocycles. The first kappa shape index (κ1) is 74.1. The van der Waals surface area contributed by atoms with Gasteiger partial charge in [-0.3, -0.25) is 23.4 Å². The molecule has 0 aliphatic heterocycles. The van der Waals surface area contributed by atoms with Gasteiger partial charge >= 0.3 is 25.7 Å². The number of allylic oxidation sites excluding steroid dienone is 18. The maximum atomic E-state index is 12.9. The molecule has 3 unspecified atom stereocenters. The Balaban J connectivity index is 4.80. The Labute approximate surface area is 475 Å². The Morgan fingerprint density at radius 3 is 1.06 bits per heavy atom. The van der Waals surface area contributed by atoms with Crippen LogP contribution in [0.25, 0.3) is 0 Å². The van der Waals surface area contributed by atoms with Crippen LogP contribution < -0.4 is 0 Å². The van der Waals surface area contributed by atoms with Crippen LogP contribution in [0.15, 0.2) is 109 Å². The lowest BCUT2D eigenvalue weighted by molar-refractivity contribution is -0.161. The number of rotatable bonds is 56. The second-order valence-electron chi connectivity index (χ2n) is 20.1. The fourth-order valence-electron chi connectivity index (χ4n) is 8.04. The maximum absolute atomic E-state index is 12.9. The first-order valence-electron chi connectivity index (χ1n) is 30.8. The van der Waals surface area contributed by atoms with Crippen molar-refractivity contribution in [3.63, 3.8) is 0 Å². The molecule has 446 valence electrons. The van der Waals surface area contributed by atoms with Crippen LogP contribution in [0, 0.1) is 0 Å². The molecule has 0 rings (SSSR count). The van der Waals surface area contributed by atoms with Crippen molar-refractivity contribution in [3.05, 3.63) is 109 Å². The number of phosphoric acid groups is 1. The summed E-state index contributed by atoms with van der Waals surface area (Å²) in [4.78, 5) is 48.7. The first-order chi connectivity index (χ1) is 38.2. The Bertz CT molecular complexity index is 1720. The summed E-state index contributed by atoms with van der Waals surface area (Å²) in [6, 6.07) is 0. The Hall–Kier alpha value is -3.86. The highest BCUT2D eigenvalue weighted by molar-refractivity contribution is 7.47. The van der Waals surface area contributed by atoms with Gasteiger partial charge in [-0.15, -0.1) is 0 Å². The van der Waals surface area contributed by atoms with E-state index in [0.29, 0.717) is 19.3 Å². The number of ether oxygens (including phenoxy) is 3. The Morgan fingerprint density at radius 2 is 0.667 bits per heavy atom. The minimum absolute atomic E-state index is 0.119. The highest BCUT2D eigenvalue weighted by Crippen LogP contribution is 2.43. The van der Waals surface area contributed by atoms with E-state index >= 15 is 0 Å². The number of carbonyl (C=O) groups is 3. The molecular formula is C66H111O11P. The highest BCUT2D eigenvalue weighted by atomic mass is 31.2. The number of aliphatic hydroxyl groups is 1. The van der Waals surface area contributed by atoms with Crippen LogP contribution in [-0.2, 0) is 42.2 Å². The summed E-state index contributed by atoms with van der Waals surface area (Å²) < 4.78 is 39.6. The van der Waals surface area contributed by atoms with Gasteiger partial charge in [0.05, 0.1) is 19.8 Å². The van der Waals surface area contributed by atoms with Crippen LogP contribution in [-0.4, -0.2) is 66.5 Å². The Morgan fingerprint density at radius 1 is 0.372 bits per heavy atom. The van der Waals surface area contributed by atoms with Gasteiger partial charge in [0, 0.05) is 19.3 Å². The smallest absolute Gasteiger partial charge is 0.462 e. The predicted octanol–water partition coefficient (Wildman–Crippen LogP) is 18.6. The highest BCUT2D eigenvalue weighted by Gasteiger charge is 2.28. The molecule has 0 bridgehead atoms. The van der Waals surface area contributed by atoms with Gasteiger partial charge in [0.15, 0.2) is 6.10 Å². The van der Waals surface area contributed by atoms with Crippen molar-refractivity contribution in [3.8, 4) is 0 Å². The molecule has 11 nitrogen and oxygen atoms in total. The summed E-state index contributed by atoms with van der Waals surface area (Å²) in [6.45, 7) is 4.35. The van der Waals surface area contributed by atoms with Gasteiger partial charge in [0.2, 0.25) is 0 Å². The fraction of sp³-hybridized carbons (Fsp3) is 0.682. The van der Waals surface area contributed by atoms with Crippen LogP contribution in [0.5, 0.6) is 0 Å². The lowest BCUT2D eigenvalue weighted by Gasteiger charge is -2.21. The van der Waals surface area contributed by atoms with E-state index in [1.807, 2.05) is 0 Å². The number of hydrogen-bond acceptors (Lipinski definition) is 10. The average Bonchev–Trinajstić information content (AvgIpc) is 3.43. The van der Waals surface area contributed by atoms with Crippen molar-refractivity contribution in [1.82, 2.24) is 0 Å². The quantitative estimate of drug-likeness (QED) is 0.0197. The van der Waals surface area contributed by atoms with Gasteiger partial charge in [-0.2, -0.15) is 0 Å². The number of hydrogen-bond donors (Lipinski definition) is 2. The second kappa shape index (κ2) is 59.3. The summed E-state index contributed by atoms with van der Waals surface area (Å²) in [6.07, 6.45) is 71.9. The third-order valence-corrected chi connectivity index (χ3v) is 13.6. The molecule has 0 radical (unpaired) electrons. The number of esters is 3. The summed E-state index contributed by atoms with van der Waals surface area (Å²) in [7, 11) is -4.77. The molecule has 12 heteroatoms. The van der Waals surface area contributed by atoms with E-state index in [-0.39, 0.29) is 25.9 Å². The molecule has 3 atom stereocenters. The van der Waals surface area contributed by atoms with E-state index in [0.717, 1.165) is 109 Å². The molecule has 0 fully saturated rings. The predicted molar refractivity (Wildman–Crippen MR) is 325 cm³/mol. The Kier molecular flexibility index (Phi) is 56.3. The number of unbranched alkanes of at least 4 members (excludes halogenated alkanes) is 21. The minimum atomic E-state index is -4.77. The summed E-state index contributed by atoms with van der Waals surface area (Å²) in [5.41, 5.74) is 0. The van der Waals surface area contributed by atoms with E-state index in [1.54, 1.807) is 0 Å². The van der Waals surface area contributed by atoms with Crippen molar-refractivity contribution < 1.29 is 52.2 Å². The lowest BCUT2D eigenvalue weighted by Crippen LogP contribution is -2.30. The van der Waals surface area contributed by atoms with Crippen LogP contribution in [0.2, 0.25) is 0 Å². The molecule has 2 N–H and O–H groups in total. The van der Waals surface area contributed by atoms with Gasteiger partial charge in [0.1, 0.15) is 12.7 Å². The van der Waals surface area contributed by atoms with Crippen LogP contribution in [0.1, 0.15) is 252 Å². The molecule has 0 aromatic heterocycles. The molecule has 0 aliphatic carbocycles. The zero-order valence-electron chi connectivity index (χ0n) is 49.3. The van der Waals surface area contributed by atoms with E-state index in [4.69, 9.17) is 23.3 Å². The van der Waals surface area contributed by atoms with E-state index in [1.165, 1.54) is 83.5 Å². The zero-order valence-corrected chi connectivity index (χ0v) is 50.2. The van der Waals surface area contributed by atoms with Gasteiger partial charge < -0.3 is 24.2 Å². The summed E-state index contributed by atoms with van der Waals surface area (Å²) in [5.74, 6) is -1.54. The topological polar surface area (TPSA) is 155 Å². The monoisotopic (exact) mass is 1110 g/mol. The lowest BCUT2D eigenvalue weighted by atomic mass is 10.1. The van der Waals surface area contributed by atoms with Crippen LogP contribution in [0.3, 0.4) is 0 Å². The molecule has 0 saturated heterocycles. The molecule has 78 heavy (non-hydrogen) atoms. The van der Waals surface area contributed by atoms with Crippen LogP contribution >= 0.6 is 7.82 Å². The molecule has 0 amide bonds. The van der Waals surface area contributed by atoms with Gasteiger partial charge in [-0.25, -0.2) is 4.57 Å². The molecule has 0 spiro atoms. The first-order valence-corrected chi connectivity index (χ1v) is 32.3. The van der Waals surface area contributed by atoms with Crippen molar-refractivity contribution in [2.45, 2.75) is 264 Å². The standard InChI is InChI=1S/C66H111O11P/c1-4-7-10-13-16-19-22-25-28-30-31-33-36-39-42-45-48-51-54-57-66(70)77-63(59-73-64(68)55-52-49-46-43-40-37-35-32-29-26-23-20-17-14-11-8-5-2)61-75-78(71,72)74-60-62(58-67)76-65(69)56-53-50-47-44-41-38-34-27-24-21-18-15-12-9-6-3/h8-9,11-12,17-18,20-21,25-29,34-35,37,41,44,62-63,67H,4-7,10,13-16,19,22-24,30-33,36,38-40,42-43,45-61H2,1-3H3,(H,71,72)/b11-8-,12-9-,20-17-,21-18-,28-25-,29-26-,34-27-,37-35-,44-41-. The fourth-order valence-corrected chi connectivity index (χ4v) is 8.82. The molecule has 0 aromatic rings. The van der Waals surface area contributed by atoms with Crippen molar-refractivity contribution in [2.24, 2.45) is 0 Å². The molecule has 0 aliphatic rings.